The van der Waals surface area contributed by atoms with Crippen LogP contribution in [0, 0.1) is 0 Å². The molecular formula is C15H24N4O. The first-order chi connectivity index (χ1) is 9.61. The summed E-state index contributed by atoms with van der Waals surface area (Å²) in [6.45, 7) is 7.05. The van der Waals surface area contributed by atoms with E-state index in [1.807, 2.05) is 18.7 Å². The van der Waals surface area contributed by atoms with E-state index in [0.29, 0.717) is 17.6 Å². The van der Waals surface area contributed by atoms with E-state index in [4.69, 9.17) is 0 Å². The fourth-order valence-corrected chi connectivity index (χ4v) is 2.63. The lowest BCUT2D eigenvalue weighted by molar-refractivity contribution is 0.0607. The number of carbonyl (C=O) groups excluding carboxylic acids is 1. The largest absolute Gasteiger partial charge is 0.352 e. The number of aromatic nitrogens is 2. The molecular weight excluding hydrogens is 252 g/mol. The van der Waals surface area contributed by atoms with Gasteiger partial charge in [0.1, 0.15) is 0 Å². The summed E-state index contributed by atoms with van der Waals surface area (Å²) in [5.74, 6) is 0.634. The number of hydrogen-bond acceptors (Lipinski definition) is 4. The number of nitrogens with zero attached hydrogens (tertiary/aromatic N) is 3. The van der Waals surface area contributed by atoms with Crippen molar-refractivity contribution in [1.82, 2.24) is 14.9 Å². The second kappa shape index (κ2) is 6.68. The molecule has 0 spiro atoms. The monoisotopic (exact) mass is 276 g/mol. The van der Waals surface area contributed by atoms with Crippen LogP contribution in [-0.2, 0) is 0 Å². The van der Waals surface area contributed by atoms with Crippen molar-refractivity contribution in [3.63, 3.8) is 0 Å². The van der Waals surface area contributed by atoms with E-state index in [-0.39, 0.29) is 11.9 Å². The molecule has 0 aromatic carbocycles. The molecule has 5 heteroatoms. The van der Waals surface area contributed by atoms with Gasteiger partial charge in [0.2, 0.25) is 5.95 Å². The van der Waals surface area contributed by atoms with Crippen molar-refractivity contribution >= 4 is 11.9 Å². The fraction of sp³-hybridized carbons (Fsp3) is 0.667. The Kier molecular flexibility index (Phi) is 4.93. The predicted octanol–water partition coefficient (Wildman–Crippen LogP) is 2.70. The molecule has 2 rings (SSSR count). The summed E-state index contributed by atoms with van der Waals surface area (Å²) < 4.78 is 0. The van der Waals surface area contributed by atoms with Crippen LogP contribution in [0.2, 0.25) is 0 Å². The molecule has 1 saturated heterocycles. The minimum atomic E-state index is 0.0626. The standard InChI is InChI=1S/C15H24N4O/c1-4-13-7-5-6-8-19(13)14(20)12-9-16-15(17-10-12)18-11(2)3/h9-11,13H,4-8H2,1-3H3,(H,16,17,18). The number of anilines is 1. The van der Waals surface area contributed by atoms with Gasteiger partial charge in [0.15, 0.2) is 0 Å². The average molecular weight is 276 g/mol. The number of hydrogen-bond donors (Lipinski definition) is 1. The van der Waals surface area contributed by atoms with Gasteiger partial charge in [-0.15, -0.1) is 0 Å². The molecule has 1 N–H and O–H groups in total. The van der Waals surface area contributed by atoms with Crippen LogP contribution in [0.1, 0.15) is 56.8 Å². The van der Waals surface area contributed by atoms with Crippen molar-refractivity contribution in [1.29, 1.82) is 0 Å². The molecule has 5 nitrogen and oxygen atoms in total. The van der Waals surface area contributed by atoms with Crippen LogP contribution in [0.3, 0.4) is 0 Å². The number of amides is 1. The molecule has 1 aliphatic heterocycles. The summed E-state index contributed by atoms with van der Waals surface area (Å²) in [7, 11) is 0. The van der Waals surface area contributed by atoms with Gasteiger partial charge in [-0.25, -0.2) is 9.97 Å². The first-order valence-corrected chi connectivity index (χ1v) is 7.51. The first kappa shape index (κ1) is 14.8. The maximum absolute atomic E-state index is 12.5. The number of carbonyl (C=O) groups is 1. The number of piperidine rings is 1. The molecule has 1 atom stereocenters. The molecule has 0 bridgehead atoms. The van der Waals surface area contributed by atoms with Crippen molar-refractivity contribution in [3.8, 4) is 0 Å². The summed E-state index contributed by atoms with van der Waals surface area (Å²) in [6, 6.07) is 0.646. The molecule has 110 valence electrons. The molecule has 20 heavy (non-hydrogen) atoms. The highest BCUT2D eigenvalue weighted by atomic mass is 16.2. The van der Waals surface area contributed by atoms with Crippen molar-refractivity contribution in [2.75, 3.05) is 11.9 Å². The summed E-state index contributed by atoms with van der Waals surface area (Å²) in [5.41, 5.74) is 0.583. The number of nitrogens with one attached hydrogen (secondary N) is 1. The Labute approximate surface area is 120 Å². The van der Waals surface area contributed by atoms with Gasteiger partial charge >= 0.3 is 0 Å². The first-order valence-electron chi connectivity index (χ1n) is 7.51. The molecule has 1 unspecified atom stereocenters. The Morgan fingerprint density at radius 3 is 2.70 bits per heavy atom. The third-order valence-corrected chi connectivity index (χ3v) is 3.68. The van der Waals surface area contributed by atoms with E-state index in [1.54, 1.807) is 12.4 Å². The number of rotatable bonds is 4. The highest BCUT2D eigenvalue weighted by molar-refractivity contribution is 5.94. The SMILES string of the molecule is CCC1CCCCN1C(=O)c1cnc(NC(C)C)nc1. The van der Waals surface area contributed by atoms with Crippen molar-refractivity contribution in [2.45, 2.75) is 58.5 Å². The maximum atomic E-state index is 12.5. The summed E-state index contributed by atoms with van der Waals surface area (Å²) in [6.07, 6.45) is 7.69. The van der Waals surface area contributed by atoms with Gasteiger partial charge in [0.25, 0.3) is 5.91 Å². The topological polar surface area (TPSA) is 58.1 Å². The van der Waals surface area contributed by atoms with E-state index in [9.17, 15) is 4.79 Å². The molecule has 1 aromatic rings. The van der Waals surface area contributed by atoms with Gasteiger partial charge < -0.3 is 10.2 Å². The minimum absolute atomic E-state index is 0.0626. The van der Waals surface area contributed by atoms with E-state index < -0.39 is 0 Å². The predicted molar refractivity (Wildman–Crippen MR) is 79.8 cm³/mol. The molecule has 1 fully saturated rings. The zero-order valence-corrected chi connectivity index (χ0v) is 12.6. The fourth-order valence-electron chi connectivity index (χ4n) is 2.63. The van der Waals surface area contributed by atoms with E-state index in [0.717, 1.165) is 25.8 Å². The van der Waals surface area contributed by atoms with Gasteiger partial charge in [0, 0.05) is 31.0 Å². The Hall–Kier alpha value is -1.65. The molecule has 2 heterocycles. The highest BCUT2D eigenvalue weighted by Crippen LogP contribution is 2.21. The molecule has 1 aliphatic rings. The van der Waals surface area contributed by atoms with Crippen LogP contribution in [0.15, 0.2) is 12.4 Å². The molecule has 0 saturated carbocycles. The van der Waals surface area contributed by atoms with Gasteiger partial charge in [-0.3, -0.25) is 4.79 Å². The van der Waals surface area contributed by atoms with E-state index in [2.05, 4.69) is 22.2 Å². The normalized spacial score (nSPS) is 19.2. The lowest BCUT2D eigenvalue weighted by Gasteiger charge is -2.35. The summed E-state index contributed by atoms with van der Waals surface area (Å²) >= 11 is 0. The molecule has 0 aliphatic carbocycles. The van der Waals surface area contributed by atoms with Crippen molar-refractivity contribution < 1.29 is 4.79 Å². The Morgan fingerprint density at radius 2 is 2.10 bits per heavy atom. The van der Waals surface area contributed by atoms with Crippen molar-refractivity contribution in [3.05, 3.63) is 18.0 Å². The van der Waals surface area contributed by atoms with Gasteiger partial charge in [0.05, 0.1) is 5.56 Å². The van der Waals surface area contributed by atoms with Gasteiger partial charge in [-0.2, -0.15) is 0 Å². The minimum Gasteiger partial charge on any atom is -0.352 e. The second-order valence-electron chi connectivity index (χ2n) is 5.65. The quantitative estimate of drug-likeness (QED) is 0.918. The Bertz CT molecular complexity index is 444. The van der Waals surface area contributed by atoms with Crippen LogP contribution >= 0.6 is 0 Å². The second-order valence-corrected chi connectivity index (χ2v) is 5.65. The van der Waals surface area contributed by atoms with Crippen LogP contribution in [-0.4, -0.2) is 39.4 Å². The third kappa shape index (κ3) is 3.46. The summed E-state index contributed by atoms with van der Waals surface area (Å²) in [4.78, 5) is 22.9. The maximum Gasteiger partial charge on any atom is 0.257 e. The van der Waals surface area contributed by atoms with Crippen LogP contribution < -0.4 is 5.32 Å². The van der Waals surface area contributed by atoms with Crippen LogP contribution in [0.25, 0.3) is 0 Å². The lowest BCUT2D eigenvalue weighted by Crippen LogP contribution is -2.43. The summed E-state index contributed by atoms with van der Waals surface area (Å²) in [5, 5.41) is 3.12. The highest BCUT2D eigenvalue weighted by Gasteiger charge is 2.26. The zero-order chi connectivity index (χ0) is 14.5. The van der Waals surface area contributed by atoms with Crippen molar-refractivity contribution in [2.24, 2.45) is 0 Å². The molecule has 1 aromatic heterocycles. The lowest BCUT2D eigenvalue weighted by atomic mass is 9.99. The van der Waals surface area contributed by atoms with E-state index in [1.165, 1.54) is 6.42 Å². The number of likely N-dealkylation sites (tertiary alicyclic amines) is 1. The van der Waals surface area contributed by atoms with Crippen LogP contribution in [0.4, 0.5) is 5.95 Å². The zero-order valence-electron chi connectivity index (χ0n) is 12.6. The van der Waals surface area contributed by atoms with E-state index >= 15 is 0 Å². The Balaban J connectivity index is 2.08. The van der Waals surface area contributed by atoms with Gasteiger partial charge in [-0.05, 0) is 39.5 Å². The average Bonchev–Trinajstić information content (AvgIpc) is 2.46. The molecule has 0 radical (unpaired) electrons. The van der Waals surface area contributed by atoms with Gasteiger partial charge in [-0.1, -0.05) is 6.92 Å². The molecule has 1 amide bonds. The smallest absolute Gasteiger partial charge is 0.257 e. The third-order valence-electron chi connectivity index (χ3n) is 3.68. The Morgan fingerprint density at radius 1 is 1.40 bits per heavy atom. The van der Waals surface area contributed by atoms with Crippen LogP contribution in [0.5, 0.6) is 0 Å².